The summed E-state index contributed by atoms with van der Waals surface area (Å²) >= 11 is 0. The van der Waals surface area contributed by atoms with Gasteiger partial charge in [0.2, 0.25) is 0 Å². The molecule has 0 N–H and O–H groups in total. The molecule has 1 amide bonds. The van der Waals surface area contributed by atoms with E-state index in [9.17, 15) is 4.79 Å². The fourth-order valence-electron chi connectivity index (χ4n) is 3.64. The third-order valence-corrected chi connectivity index (χ3v) is 5.10. The number of piperazine rings is 1. The van der Waals surface area contributed by atoms with Gasteiger partial charge in [-0.05, 0) is 18.1 Å². The van der Waals surface area contributed by atoms with E-state index >= 15 is 0 Å². The van der Waals surface area contributed by atoms with E-state index in [0.29, 0.717) is 0 Å². The van der Waals surface area contributed by atoms with Crippen LogP contribution in [0.1, 0.15) is 12.0 Å². The first kappa shape index (κ1) is 21.6. The summed E-state index contributed by atoms with van der Waals surface area (Å²) in [6.07, 6.45) is 0.790. The normalized spacial score (nSPS) is 16.9. The number of rotatable bonds is 5. The number of halogens is 2. The van der Waals surface area contributed by atoms with Gasteiger partial charge in [-0.2, -0.15) is 0 Å². The molecule has 0 saturated carbocycles. The van der Waals surface area contributed by atoms with Crippen LogP contribution in [0.2, 0.25) is 0 Å². The average Bonchev–Trinajstić information content (AvgIpc) is 2.97. The summed E-state index contributed by atoms with van der Waals surface area (Å²) in [5.41, 5.74) is 2.25. The van der Waals surface area contributed by atoms with E-state index in [1.165, 1.54) is 5.56 Å². The fraction of sp³-hybridized carbons (Fsp3) is 0.333. The maximum absolute atomic E-state index is 12.1. The van der Waals surface area contributed by atoms with Crippen molar-refractivity contribution in [1.82, 2.24) is 9.80 Å². The van der Waals surface area contributed by atoms with Crippen LogP contribution in [0.25, 0.3) is 5.57 Å². The molecule has 4 rings (SSSR count). The van der Waals surface area contributed by atoms with Crippen LogP contribution in [0.4, 0.5) is 0 Å². The molecular formula is C21H25Cl2N3O. The molecular weight excluding hydrogens is 381 g/mol. The lowest BCUT2D eigenvalue weighted by atomic mass is 10.1. The molecule has 1 saturated heterocycles. The van der Waals surface area contributed by atoms with E-state index in [4.69, 9.17) is 0 Å². The quantitative estimate of drug-likeness (QED) is 0.763. The first-order valence-corrected chi connectivity index (χ1v) is 8.99. The van der Waals surface area contributed by atoms with Crippen molar-refractivity contribution in [3.63, 3.8) is 0 Å². The lowest BCUT2D eigenvalue weighted by Gasteiger charge is -2.34. The van der Waals surface area contributed by atoms with Crippen molar-refractivity contribution in [2.45, 2.75) is 13.0 Å². The molecule has 0 bridgehead atoms. The highest BCUT2D eigenvalue weighted by molar-refractivity contribution is 6.15. The van der Waals surface area contributed by atoms with Crippen LogP contribution in [-0.4, -0.2) is 48.4 Å². The minimum Gasteiger partial charge on any atom is -0.300 e. The highest BCUT2D eigenvalue weighted by Gasteiger charge is 2.20. The molecule has 0 spiro atoms. The summed E-state index contributed by atoms with van der Waals surface area (Å²) < 4.78 is 0. The molecule has 144 valence electrons. The maximum Gasteiger partial charge on any atom is 0.274 e. The van der Waals surface area contributed by atoms with Gasteiger partial charge in [0.15, 0.2) is 0 Å². The molecule has 4 nitrogen and oxygen atoms in total. The topological polar surface area (TPSA) is 35.9 Å². The molecule has 2 aliphatic rings. The monoisotopic (exact) mass is 405 g/mol. The van der Waals surface area contributed by atoms with Gasteiger partial charge in [-0.3, -0.25) is 9.69 Å². The van der Waals surface area contributed by atoms with Gasteiger partial charge in [-0.1, -0.05) is 48.5 Å². The Bertz CT molecular complexity index is 878. The molecule has 27 heavy (non-hydrogen) atoms. The molecule has 0 radical (unpaired) electrons. The largest absolute Gasteiger partial charge is 0.300 e. The number of carbonyl (C=O) groups is 1. The number of para-hydroxylation sites is 1. The van der Waals surface area contributed by atoms with Gasteiger partial charge in [-0.15, -0.1) is 24.8 Å². The lowest BCUT2D eigenvalue weighted by Crippen LogP contribution is -2.46. The van der Waals surface area contributed by atoms with Crippen LogP contribution in [0, 0.1) is 0 Å². The molecule has 6 heteroatoms. The van der Waals surface area contributed by atoms with E-state index in [1.807, 2.05) is 24.3 Å². The van der Waals surface area contributed by atoms with Crippen molar-refractivity contribution in [2.24, 2.45) is 4.99 Å². The van der Waals surface area contributed by atoms with Crippen molar-refractivity contribution in [3.05, 3.63) is 70.7 Å². The number of hydrogen-bond donors (Lipinski definition) is 0. The maximum atomic E-state index is 12.1. The van der Waals surface area contributed by atoms with Gasteiger partial charge >= 0.3 is 0 Å². The third-order valence-electron chi connectivity index (χ3n) is 5.10. The molecule has 2 aliphatic heterocycles. The summed E-state index contributed by atoms with van der Waals surface area (Å²) in [6, 6.07) is 18.5. The number of carbonyl (C=O) groups excluding carboxylic acids is 1. The minimum atomic E-state index is -0.0519. The fourth-order valence-corrected chi connectivity index (χ4v) is 3.64. The predicted molar refractivity (Wildman–Crippen MR) is 113 cm³/mol. The molecule has 1 fully saturated rings. The molecule has 0 unspecified atom stereocenters. The summed E-state index contributed by atoms with van der Waals surface area (Å²) in [6.45, 7) is 6.25. The van der Waals surface area contributed by atoms with Crippen molar-refractivity contribution < 1.29 is 4.79 Å². The van der Waals surface area contributed by atoms with Crippen molar-refractivity contribution in [1.29, 1.82) is 0 Å². The van der Waals surface area contributed by atoms with Gasteiger partial charge in [0.1, 0.15) is 0 Å². The van der Waals surface area contributed by atoms with E-state index in [0.717, 1.165) is 61.8 Å². The summed E-state index contributed by atoms with van der Waals surface area (Å²) in [5.74, 6) is -0.0519. The Morgan fingerprint density at radius 3 is 2.19 bits per heavy atom. The lowest BCUT2D eigenvalue weighted by molar-refractivity contribution is -0.112. The summed E-state index contributed by atoms with van der Waals surface area (Å²) in [5, 5.41) is 1.85. The van der Waals surface area contributed by atoms with E-state index in [2.05, 4.69) is 45.1 Å². The number of benzene rings is 2. The van der Waals surface area contributed by atoms with Crippen LogP contribution in [0.5, 0.6) is 0 Å². The van der Waals surface area contributed by atoms with Gasteiger partial charge in [0, 0.05) is 50.1 Å². The Labute approximate surface area is 172 Å². The minimum absolute atomic E-state index is 0. The average molecular weight is 406 g/mol. The third kappa shape index (κ3) is 5.17. The Kier molecular flexibility index (Phi) is 7.99. The second-order valence-corrected chi connectivity index (χ2v) is 6.77. The van der Waals surface area contributed by atoms with Crippen molar-refractivity contribution >= 4 is 36.3 Å². The van der Waals surface area contributed by atoms with Crippen LogP contribution in [-0.2, 0) is 11.3 Å². The number of hydrogen-bond acceptors (Lipinski definition) is 3. The van der Waals surface area contributed by atoms with Crippen LogP contribution < -0.4 is 10.6 Å². The Morgan fingerprint density at radius 2 is 1.44 bits per heavy atom. The molecule has 0 aromatic heterocycles. The van der Waals surface area contributed by atoms with Gasteiger partial charge in [-0.25, -0.2) is 4.99 Å². The van der Waals surface area contributed by atoms with Gasteiger partial charge in [0.05, 0.1) is 5.36 Å². The number of amides is 1. The molecule has 0 aliphatic carbocycles. The van der Waals surface area contributed by atoms with Crippen LogP contribution in [0.3, 0.4) is 0 Å². The number of nitrogens with zero attached hydrogens (tertiary/aromatic N) is 3. The second kappa shape index (κ2) is 10.00. The summed E-state index contributed by atoms with van der Waals surface area (Å²) in [4.78, 5) is 21.2. The molecule has 2 aromatic carbocycles. The molecule has 0 atom stereocenters. The van der Waals surface area contributed by atoms with E-state index in [-0.39, 0.29) is 30.7 Å². The van der Waals surface area contributed by atoms with Gasteiger partial charge in [0.25, 0.3) is 5.91 Å². The molecule has 2 heterocycles. The predicted octanol–water partition coefficient (Wildman–Crippen LogP) is 2.05. The van der Waals surface area contributed by atoms with E-state index in [1.54, 1.807) is 0 Å². The van der Waals surface area contributed by atoms with Gasteiger partial charge < -0.3 is 4.90 Å². The van der Waals surface area contributed by atoms with Crippen LogP contribution in [0.15, 0.2) is 59.6 Å². The Hall–Kier alpha value is -1.72. The highest BCUT2D eigenvalue weighted by atomic mass is 35.5. The first-order valence-electron chi connectivity index (χ1n) is 8.99. The highest BCUT2D eigenvalue weighted by Crippen LogP contribution is 2.11. The zero-order chi connectivity index (χ0) is 17.1. The molecule has 2 aromatic rings. The zero-order valence-electron chi connectivity index (χ0n) is 15.2. The first-order chi connectivity index (χ1) is 12.3. The Balaban J connectivity index is 0.00000131. The smallest absolute Gasteiger partial charge is 0.274 e. The van der Waals surface area contributed by atoms with Crippen molar-refractivity contribution in [2.75, 3.05) is 32.7 Å². The second-order valence-electron chi connectivity index (χ2n) is 6.77. The SMILES string of the molecule is Cl.Cl.O=C1N=c2ccccc2=C1CCN1CCN(Cc2ccccc2)CC1. The van der Waals surface area contributed by atoms with Crippen molar-refractivity contribution in [3.8, 4) is 0 Å². The number of fused-ring (bicyclic) bond motifs is 1. The Morgan fingerprint density at radius 1 is 0.815 bits per heavy atom. The zero-order valence-corrected chi connectivity index (χ0v) is 16.8. The standard InChI is InChI=1S/C21H23N3O.2ClH/c25-21-19(18-8-4-5-9-20(18)22-21)10-11-23-12-14-24(15-13-23)16-17-6-2-1-3-7-17;;/h1-9H,10-16H2;2*1H. The van der Waals surface area contributed by atoms with Crippen LogP contribution >= 0.6 is 24.8 Å². The van der Waals surface area contributed by atoms with E-state index < -0.39 is 0 Å². The summed E-state index contributed by atoms with van der Waals surface area (Å²) in [7, 11) is 0.